The van der Waals surface area contributed by atoms with Gasteiger partial charge in [0.15, 0.2) is 0 Å². The normalized spacial score (nSPS) is 14.6. The van der Waals surface area contributed by atoms with Crippen molar-refractivity contribution in [2.75, 3.05) is 13.1 Å². The molecular weight excluding hydrogens is 227 g/mol. The van der Waals surface area contributed by atoms with E-state index in [0.717, 1.165) is 17.6 Å². The maximum atomic E-state index is 11.9. The van der Waals surface area contributed by atoms with Crippen molar-refractivity contribution in [3.05, 3.63) is 41.5 Å². The monoisotopic (exact) mass is 241 g/mol. The fourth-order valence-corrected chi connectivity index (χ4v) is 1.98. The van der Waals surface area contributed by atoms with E-state index >= 15 is 0 Å². The smallest absolute Gasteiger partial charge is 0.312 e. The van der Waals surface area contributed by atoms with Crippen molar-refractivity contribution < 1.29 is 13.2 Å². The van der Waals surface area contributed by atoms with E-state index in [4.69, 9.17) is 0 Å². The molecule has 1 aliphatic rings. The number of halogens is 3. The Bertz CT molecular complexity index is 421. The molecule has 0 heterocycles. The minimum absolute atomic E-state index is 0.0248. The first kappa shape index (κ1) is 12.2. The Labute approximate surface area is 98.3 Å². The number of nitrogens with one attached hydrogen (secondary N) is 1. The molecule has 1 aromatic carbocycles. The Kier molecular flexibility index (Phi) is 3.52. The van der Waals surface area contributed by atoms with Crippen molar-refractivity contribution in [3.63, 3.8) is 0 Å². The summed E-state index contributed by atoms with van der Waals surface area (Å²) in [6.07, 6.45) is -1.89. The van der Waals surface area contributed by atoms with Gasteiger partial charge in [0.1, 0.15) is 0 Å². The molecule has 0 saturated carbocycles. The molecule has 0 saturated heterocycles. The first-order valence-corrected chi connectivity index (χ1v) is 5.61. The van der Waals surface area contributed by atoms with Crippen LogP contribution >= 0.6 is 0 Å². The van der Waals surface area contributed by atoms with Crippen molar-refractivity contribution in [1.82, 2.24) is 5.32 Å². The van der Waals surface area contributed by atoms with Gasteiger partial charge >= 0.3 is 6.18 Å². The van der Waals surface area contributed by atoms with Gasteiger partial charge in [0.2, 0.25) is 0 Å². The Morgan fingerprint density at radius 2 is 1.94 bits per heavy atom. The molecule has 0 unspecified atom stereocenters. The standard InChI is InChI=1S/C13H14F3N/c14-13(15,16)7-8-17-9-11-6-5-10-3-1-2-4-12(10)11/h1-4,6,17H,5,7-9H2. The lowest BCUT2D eigenvalue weighted by Crippen LogP contribution is -2.23. The lowest BCUT2D eigenvalue weighted by atomic mass is 10.1. The summed E-state index contributed by atoms with van der Waals surface area (Å²) in [6.45, 7) is 0.482. The second kappa shape index (κ2) is 4.92. The van der Waals surface area contributed by atoms with E-state index in [-0.39, 0.29) is 6.54 Å². The van der Waals surface area contributed by atoms with Crippen LogP contribution in [0.2, 0.25) is 0 Å². The van der Waals surface area contributed by atoms with Gasteiger partial charge < -0.3 is 5.32 Å². The van der Waals surface area contributed by atoms with E-state index in [9.17, 15) is 13.2 Å². The second-order valence-corrected chi connectivity index (χ2v) is 4.13. The number of benzene rings is 1. The summed E-state index contributed by atoms with van der Waals surface area (Å²) in [5.74, 6) is 0. The summed E-state index contributed by atoms with van der Waals surface area (Å²) < 4.78 is 35.8. The van der Waals surface area contributed by atoms with Crippen LogP contribution in [0.4, 0.5) is 13.2 Å². The molecule has 17 heavy (non-hydrogen) atoms. The van der Waals surface area contributed by atoms with E-state index in [1.165, 1.54) is 5.56 Å². The molecule has 4 heteroatoms. The van der Waals surface area contributed by atoms with E-state index in [0.29, 0.717) is 6.54 Å². The highest BCUT2D eigenvalue weighted by Crippen LogP contribution is 2.26. The lowest BCUT2D eigenvalue weighted by Gasteiger charge is -2.09. The third-order valence-corrected chi connectivity index (χ3v) is 2.83. The lowest BCUT2D eigenvalue weighted by molar-refractivity contribution is -0.133. The zero-order valence-electron chi connectivity index (χ0n) is 9.35. The third kappa shape index (κ3) is 3.33. The Balaban J connectivity index is 1.82. The van der Waals surface area contributed by atoms with Crippen LogP contribution in [0.25, 0.3) is 5.57 Å². The molecule has 1 aromatic rings. The molecule has 0 amide bonds. The quantitative estimate of drug-likeness (QED) is 0.798. The first-order valence-electron chi connectivity index (χ1n) is 5.61. The molecule has 0 aliphatic heterocycles. The summed E-state index contributed by atoms with van der Waals surface area (Å²) in [7, 11) is 0. The van der Waals surface area contributed by atoms with Crippen molar-refractivity contribution in [2.45, 2.75) is 19.0 Å². The van der Waals surface area contributed by atoms with Gasteiger partial charge in [-0.2, -0.15) is 13.2 Å². The van der Waals surface area contributed by atoms with Crippen LogP contribution in [0, 0.1) is 0 Å². The van der Waals surface area contributed by atoms with Crippen molar-refractivity contribution >= 4 is 5.57 Å². The van der Waals surface area contributed by atoms with Gasteiger partial charge in [-0.05, 0) is 23.1 Å². The predicted molar refractivity (Wildman–Crippen MR) is 61.7 cm³/mol. The summed E-state index contributed by atoms with van der Waals surface area (Å²) in [5.41, 5.74) is 3.51. The maximum absolute atomic E-state index is 11.9. The van der Waals surface area contributed by atoms with Gasteiger partial charge in [0, 0.05) is 13.1 Å². The van der Waals surface area contributed by atoms with Gasteiger partial charge in [0.05, 0.1) is 6.42 Å². The van der Waals surface area contributed by atoms with E-state index in [1.54, 1.807) is 0 Å². The van der Waals surface area contributed by atoms with Crippen LogP contribution in [0.1, 0.15) is 17.5 Å². The number of hydrogen-bond donors (Lipinski definition) is 1. The minimum atomic E-state index is -4.07. The molecule has 0 fully saturated rings. The Hall–Kier alpha value is -1.29. The molecule has 2 rings (SSSR count). The topological polar surface area (TPSA) is 12.0 Å². The van der Waals surface area contributed by atoms with E-state index < -0.39 is 12.6 Å². The Morgan fingerprint density at radius 3 is 2.71 bits per heavy atom. The molecule has 92 valence electrons. The predicted octanol–water partition coefficient (Wildman–Crippen LogP) is 3.17. The van der Waals surface area contributed by atoms with Gasteiger partial charge in [-0.15, -0.1) is 0 Å². The van der Waals surface area contributed by atoms with Crippen molar-refractivity contribution in [2.24, 2.45) is 0 Å². The third-order valence-electron chi connectivity index (χ3n) is 2.83. The molecule has 1 aliphatic carbocycles. The number of fused-ring (bicyclic) bond motifs is 1. The zero-order valence-corrected chi connectivity index (χ0v) is 9.35. The zero-order chi connectivity index (χ0) is 12.3. The van der Waals surface area contributed by atoms with Crippen LogP contribution in [-0.4, -0.2) is 19.3 Å². The number of alkyl halides is 3. The summed E-state index contributed by atoms with van der Waals surface area (Å²) in [4.78, 5) is 0. The first-order chi connectivity index (χ1) is 8.06. The summed E-state index contributed by atoms with van der Waals surface area (Å²) in [5, 5.41) is 2.84. The number of rotatable bonds is 4. The van der Waals surface area contributed by atoms with E-state index in [2.05, 4.69) is 17.5 Å². The Morgan fingerprint density at radius 1 is 1.18 bits per heavy atom. The van der Waals surface area contributed by atoms with Crippen LogP contribution in [0.5, 0.6) is 0 Å². The molecule has 1 nitrogen and oxygen atoms in total. The van der Waals surface area contributed by atoms with Gasteiger partial charge in [0.25, 0.3) is 0 Å². The SMILES string of the molecule is FC(F)(F)CCNCC1=CCc2ccccc21. The van der Waals surface area contributed by atoms with Crippen molar-refractivity contribution in [1.29, 1.82) is 0 Å². The summed E-state index contributed by atoms with van der Waals surface area (Å²) >= 11 is 0. The maximum Gasteiger partial charge on any atom is 0.390 e. The highest BCUT2D eigenvalue weighted by atomic mass is 19.4. The molecule has 1 N–H and O–H groups in total. The largest absolute Gasteiger partial charge is 0.390 e. The molecule has 0 spiro atoms. The van der Waals surface area contributed by atoms with Gasteiger partial charge in [-0.1, -0.05) is 30.3 Å². The second-order valence-electron chi connectivity index (χ2n) is 4.13. The molecule has 0 bridgehead atoms. The van der Waals surface area contributed by atoms with Gasteiger partial charge in [-0.25, -0.2) is 0 Å². The van der Waals surface area contributed by atoms with Crippen molar-refractivity contribution in [3.8, 4) is 0 Å². The average molecular weight is 241 g/mol. The van der Waals surface area contributed by atoms with Crippen LogP contribution in [0.3, 0.4) is 0 Å². The average Bonchev–Trinajstić information content (AvgIpc) is 2.67. The molecule has 0 aromatic heterocycles. The fourth-order valence-electron chi connectivity index (χ4n) is 1.98. The minimum Gasteiger partial charge on any atom is -0.312 e. The van der Waals surface area contributed by atoms with E-state index in [1.807, 2.05) is 18.2 Å². The number of allylic oxidation sites excluding steroid dienone is 1. The van der Waals surface area contributed by atoms with Crippen LogP contribution in [-0.2, 0) is 6.42 Å². The van der Waals surface area contributed by atoms with Crippen LogP contribution < -0.4 is 5.32 Å². The molecule has 0 atom stereocenters. The highest BCUT2D eigenvalue weighted by Gasteiger charge is 2.26. The highest BCUT2D eigenvalue weighted by molar-refractivity contribution is 5.74. The van der Waals surface area contributed by atoms with Crippen LogP contribution in [0.15, 0.2) is 30.3 Å². The fraction of sp³-hybridized carbons (Fsp3) is 0.385. The van der Waals surface area contributed by atoms with Gasteiger partial charge in [-0.3, -0.25) is 0 Å². The molecular formula is C13H14F3N. The summed E-state index contributed by atoms with van der Waals surface area (Å²) in [6, 6.07) is 7.99. The number of hydrogen-bond acceptors (Lipinski definition) is 1. The molecule has 0 radical (unpaired) electrons.